The van der Waals surface area contributed by atoms with Crippen molar-refractivity contribution in [1.82, 2.24) is 5.32 Å². The van der Waals surface area contributed by atoms with Gasteiger partial charge in [-0.15, -0.1) is 0 Å². The molecule has 2 N–H and O–H groups in total. The van der Waals surface area contributed by atoms with Crippen molar-refractivity contribution >= 4 is 17.8 Å². The minimum absolute atomic E-state index is 0.151. The zero-order chi connectivity index (χ0) is 11.8. The molecule has 0 rings (SSSR count). The summed E-state index contributed by atoms with van der Waals surface area (Å²) in [5.74, 6) is -1.37. The maximum Gasteiger partial charge on any atom is 0.409 e. The lowest BCUT2D eigenvalue weighted by Gasteiger charge is -2.09. The number of amides is 1. The van der Waals surface area contributed by atoms with Gasteiger partial charge >= 0.3 is 12.1 Å². The maximum atomic E-state index is 10.8. The number of ketones is 1. The lowest BCUT2D eigenvalue weighted by Crippen LogP contribution is -2.39. The van der Waals surface area contributed by atoms with Gasteiger partial charge in [0.05, 0.1) is 0 Å². The largest absolute Gasteiger partial charge is 0.480 e. The Kier molecular flexibility index (Phi) is 6.03. The van der Waals surface area contributed by atoms with E-state index in [2.05, 4.69) is 9.47 Å². The minimum atomic E-state index is -1.17. The number of carbonyl (C=O) groups excluding carboxylic acids is 2. The van der Waals surface area contributed by atoms with Gasteiger partial charge < -0.3 is 19.9 Å². The van der Waals surface area contributed by atoms with Gasteiger partial charge in [0.15, 0.2) is 12.6 Å². The van der Waals surface area contributed by atoms with Crippen molar-refractivity contribution in [2.24, 2.45) is 0 Å². The Labute approximate surface area is 86.3 Å². The number of aliphatic carboxylic acids is 1. The molecule has 0 fully saturated rings. The van der Waals surface area contributed by atoms with E-state index >= 15 is 0 Å². The molecule has 0 aliphatic heterocycles. The van der Waals surface area contributed by atoms with E-state index in [1.807, 2.05) is 5.32 Å². The van der Waals surface area contributed by atoms with Crippen molar-refractivity contribution in [1.29, 1.82) is 0 Å². The lowest BCUT2D eigenvalue weighted by atomic mass is 10.4. The molecule has 0 aromatic rings. The molecule has 0 spiro atoms. The number of hydrogen-bond acceptors (Lipinski definition) is 5. The Morgan fingerprint density at radius 2 is 2.00 bits per heavy atom. The third-order valence-corrected chi connectivity index (χ3v) is 1.28. The number of alkyl carbamates (subject to hydrolysis) is 1. The second kappa shape index (κ2) is 6.77. The molecule has 7 nitrogen and oxygen atoms in total. The van der Waals surface area contributed by atoms with Crippen molar-refractivity contribution in [2.75, 3.05) is 13.4 Å². The molecule has 0 aliphatic carbocycles. The first-order chi connectivity index (χ1) is 6.93. The Morgan fingerprint density at radius 1 is 1.40 bits per heavy atom. The summed E-state index contributed by atoms with van der Waals surface area (Å²) in [6, 6.07) is -1.04. The summed E-state index contributed by atoms with van der Waals surface area (Å²) in [5, 5.41) is 10.5. The van der Waals surface area contributed by atoms with Crippen LogP contribution in [0.15, 0.2) is 0 Å². The highest BCUT2D eigenvalue weighted by Crippen LogP contribution is 1.86. The van der Waals surface area contributed by atoms with E-state index in [9.17, 15) is 14.4 Å². The van der Waals surface area contributed by atoms with Crippen molar-refractivity contribution < 1.29 is 29.0 Å². The third kappa shape index (κ3) is 7.44. The van der Waals surface area contributed by atoms with Crippen LogP contribution in [0, 0.1) is 0 Å². The molecule has 15 heavy (non-hydrogen) atoms. The molecule has 1 atom stereocenters. The van der Waals surface area contributed by atoms with E-state index in [1.54, 1.807) is 0 Å². The van der Waals surface area contributed by atoms with Crippen LogP contribution in [0.3, 0.4) is 0 Å². The fourth-order valence-corrected chi connectivity index (χ4v) is 0.561. The number of hydrogen-bond donors (Lipinski definition) is 2. The predicted molar refractivity (Wildman–Crippen MR) is 48.2 cm³/mol. The number of rotatable bonds is 6. The molecule has 0 saturated carbocycles. The van der Waals surface area contributed by atoms with E-state index in [1.165, 1.54) is 13.8 Å². The van der Waals surface area contributed by atoms with Crippen molar-refractivity contribution in [3.63, 3.8) is 0 Å². The molecule has 1 amide bonds. The third-order valence-electron chi connectivity index (χ3n) is 1.28. The molecule has 0 saturated heterocycles. The van der Waals surface area contributed by atoms with Crippen molar-refractivity contribution in [2.45, 2.75) is 19.9 Å². The van der Waals surface area contributed by atoms with Gasteiger partial charge in [0.25, 0.3) is 0 Å². The molecule has 0 aliphatic rings. The minimum Gasteiger partial charge on any atom is -0.480 e. The standard InChI is InChI=1S/C8H13NO6/c1-5(10)3-14-4-15-8(13)9-6(2)7(11)12/h6H,3-4H2,1-2H3,(H,9,13)(H,11,12). The van der Waals surface area contributed by atoms with Crippen LogP contribution >= 0.6 is 0 Å². The quantitative estimate of drug-likeness (QED) is 0.471. The molecule has 0 heterocycles. The fourth-order valence-electron chi connectivity index (χ4n) is 0.561. The highest BCUT2D eigenvalue weighted by atomic mass is 16.7. The van der Waals surface area contributed by atoms with E-state index in [-0.39, 0.29) is 12.4 Å². The SMILES string of the molecule is CC(=O)COCOC(=O)NC(C)C(=O)O. The highest BCUT2D eigenvalue weighted by Gasteiger charge is 2.14. The Hall–Kier alpha value is -1.63. The monoisotopic (exact) mass is 219 g/mol. The number of carboxylic acids is 1. The van der Waals surface area contributed by atoms with E-state index in [4.69, 9.17) is 5.11 Å². The van der Waals surface area contributed by atoms with Gasteiger partial charge in [0.1, 0.15) is 12.6 Å². The second-order valence-corrected chi connectivity index (χ2v) is 2.80. The van der Waals surface area contributed by atoms with Crippen LogP contribution in [0.25, 0.3) is 0 Å². The van der Waals surface area contributed by atoms with Crippen LogP contribution in [-0.2, 0) is 19.1 Å². The molecular weight excluding hydrogens is 206 g/mol. The second-order valence-electron chi connectivity index (χ2n) is 2.80. The van der Waals surface area contributed by atoms with Gasteiger partial charge in [-0.25, -0.2) is 4.79 Å². The summed E-state index contributed by atoms with van der Waals surface area (Å²) in [7, 11) is 0. The van der Waals surface area contributed by atoms with Crippen LogP contribution in [0.2, 0.25) is 0 Å². The number of nitrogens with one attached hydrogen (secondary N) is 1. The number of carboxylic acid groups (broad SMARTS) is 1. The van der Waals surface area contributed by atoms with Crippen LogP contribution in [-0.4, -0.2) is 42.4 Å². The summed E-state index contributed by atoms with van der Waals surface area (Å²) >= 11 is 0. The topological polar surface area (TPSA) is 102 Å². The maximum absolute atomic E-state index is 10.8. The molecule has 0 bridgehead atoms. The van der Waals surface area contributed by atoms with Crippen molar-refractivity contribution in [3.05, 3.63) is 0 Å². The first-order valence-electron chi connectivity index (χ1n) is 4.16. The molecular formula is C8H13NO6. The van der Waals surface area contributed by atoms with E-state index < -0.39 is 24.9 Å². The predicted octanol–water partition coefficient (Wildman–Crippen LogP) is -0.251. The first kappa shape index (κ1) is 13.4. The van der Waals surface area contributed by atoms with Gasteiger partial charge in [-0.2, -0.15) is 0 Å². The zero-order valence-corrected chi connectivity index (χ0v) is 8.48. The Balaban J connectivity index is 3.58. The van der Waals surface area contributed by atoms with Crippen LogP contribution < -0.4 is 5.32 Å². The molecule has 86 valence electrons. The first-order valence-corrected chi connectivity index (χ1v) is 4.16. The van der Waals surface area contributed by atoms with Gasteiger partial charge in [-0.3, -0.25) is 9.59 Å². The zero-order valence-electron chi connectivity index (χ0n) is 8.48. The Bertz CT molecular complexity index is 252. The summed E-state index contributed by atoms with van der Waals surface area (Å²) < 4.78 is 9.05. The fraction of sp³-hybridized carbons (Fsp3) is 0.625. The van der Waals surface area contributed by atoms with E-state index in [0.29, 0.717) is 0 Å². The molecule has 0 radical (unpaired) electrons. The number of carbonyl (C=O) groups is 3. The molecule has 7 heteroatoms. The average molecular weight is 219 g/mol. The highest BCUT2D eigenvalue weighted by molar-refractivity contribution is 5.79. The van der Waals surface area contributed by atoms with Gasteiger partial charge in [-0.1, -0.05) is 0 Å². The van der Waals surface area contributed by atoms with Gasteiger partial charge in [0.2, 0.25) is 0 Å². The van der Waals surface area contributed by atoms with E-state index in [0.717, 1.165) is 0 Å². The summed E-state index contributed by atoms with van der Waals surface area (Å²) in [6.07, 6.45) is -0.909. The van der Waals surface area contributed by atoms with Crippen LogP contribution in [0.5, 0.6) is 0 Å². The Morgan fingerprint density at radius 3 is 2.47 bits per heavy atom. The average Bonchev–Trinajstić information content (AvgIpc) is 2.12. The molecule has 0 aromatic heterocycles. The number of ether oxygens (including phenoxy) is 2. The number of Topliss-reactive ketones (excluding diaryl/α,β-unsaturated/α-hetero) is 1. The van der Waals surface area contributed by atoms with Gasteiger partial charge in [-0.05, 0) is 13.8 Å². The molecule has 1 unspecified atom stereocenters. The van der Waals surface area contributed by atoms with Crippen LogP contribution in [0.1, 0.15) is 13.8 Å². The smallest absolute Gasteiger partial charge is 0.409 e. The normalized spacial score (nSPS) is 11.6. The van der Waals surface area contributed by atoms with Gasteiger partial charge in [0, 0.05) is 0 Å². The summed E-state index contributed by atoms with van der Waals surface area (Å²) in [6.45, 7) is 2.08. The summed E-state index contributed by atoms with van der Waals surface area (Å²) in [5.41, 5.74) is 0. The van der Waals surface area contributed by atoms with Crippen LogP contribution in [0.4, 0.5) is 4.79 Å². The lowest BCUT2D eigenvalue weighted by molar-refractivity contribution is -0.139. The van der Waals surface area contributed by atoms with Crippen molar-refractivity contribution in [3.8, 4) is 0 Å². The molecule has 0 aromatic carbocycles. The summed E-state index contributed by atoms with van der Waals surface area (Å²) in [4.78, 5) is 31.5.